The number of nitrogens with zero attached hydrogens (tertiary/aromatic N) is 2. The van der Waals surface area contributed by atoms with E-state index < -0.39 is 0 Å². The molecule has 4 nitrogen and oxygen atoms in total. The number of amides is 1. The molecule has 0 aromatic carbocycles. The van der Waals surface area contributed by atoms with Crippen molar-refractivity contribution >= 4 is 11.7 Å². The Labute approximate surface area is 127 Å². The summed E-state index contributed by atoms with van der Waals surface area (Å²) in [5, 5.41) is 3.27. The van der Waals surface area contributed by atoms with Crippen LogP contribution in [0.15, 0.2) is 12.1 Å². The Bertz CT molecular complexity index is 483. The Kier molecular flexibility index (Phi) is 5.59. The van der Waals surface area contributed by atoms with Gasteiger partial charge in [-0.1, -0.05) is 13.3 Å². The lowest BCUT2D eigenvalue weighted by atomic mass is 9.85. The summed E-state index contributed by atoms with van der Waals surface area (Å²) in [7, 11) is 0. The molecular weight excluding hydrogens is 262 g/mol. The first-order valence-electron chi connectivity index (χ1n) is 8.15. The van der Waals surface area contributed by atoms with Crippen molar-refractivity contribution in [2.45, 2.75) is 46.5 Å². The third-order valence-electron chi connectivity index (χ3n) is 4.13. The molecule has 0 unspecified atom stereocenters. The average Bonchev–Trinajstić information content (AvgIpc) is 2.43. The molecule has 1 aromatic heterocycles. The van der Waals surface area contributed by atoms with E-state index in [1.54, 1.807) is 0 Å². The summed E-state index contributed by atoms with van der Waals surface area (Å²) < 4.78 is 0. The molecule has 1 N–H and O–H groups in total. The van der Waals surface area contributed by atoms with Gasteiger partial charge in [0.25, 0.3) is 5.91 Å². The van der Waals surface area contributed by atoms with E-state index in [4.69, 9.17) is 0 Å². The summed E-state index contributed by atoms with van der Waals surface area (Å²) in [6.45, 7) is 8.66. The lowest BCUT2D eigenvalue weighted by molar-refractivity contribution is 0.0706. The highest BCUT2D eigenvalue weighted by Crippen LogP contribution is 2.27. The first-order chi connectivity index (χ1) is 10.1. The van der Waals surface area contributed by atoms with Gasteiger partial charge in [-0.15, -0.1) is 0 Å². The standard InChI is InChI=1S/C17H27N3O/c1-4-9-18-16-11-15(10-13(3)19-16)17(21)20(5-2)12-14-7-6-8-14/h10-11,14H,4-9,12H2,1-3H3,(H,18,19). The normalized spacial score (nSPS) is 14.6. The minimum atomic E-state index is 0.134. The molecule has 4 heteroatoms. The molecule has 1 heterocycles. The van der Waals surface area contributed by atoms with Crippen LogP contribution in [-0.4, -0.2) is 35.4 Å². The number of anilines is 1. The zero-order chi connectivity index (χ0) is 15.2. The van der Waals surface area contributed by atoms with Crippen molar-refractivity contribution in [1.82, 2.24) is 9.88 Å². The largest absolute Gasteiger partial charge is 0.370 e. The first kappa shape index (κ1) is 15.8. The fourth-order valence-corrected chi connectivity index (χ4v) is 2.66. The van der Waals surface area contributed by atoms with Gasteiger partial charge in [0.2, 0.25) is 0 Å². The Balaban J connectivity index is 2.10. The summed E-state index contributed by atoms with van der Waals surface area (Å²) in [5.74, 6) is 1.64. The van der Waals surface area contributed by atoms with E-state index in [0.717, 1.165) is 43.1 Å². The highest BCUT2D eigenvalue weighted by atomic mass is 16.2. The molecule has 1 aliphatic rings. The predicted octanol–water partition coefficient (Wildman–Crippen LogP) is 3.47. The summed E-state index contributed by atoms with van der Waals surface area (Å²) in [4.78, 5) is 19.1. The molecule has 0 aliphatic heterocycles. The Morgan fingerprint density at radius 1 is 1.38 bits per heavy atom. The molecule has 1 aliphatic carbocycles. The molecule has 2 rings (SSSR count). The van der Waals surface area contributed by atoms with Crippen molar-refractivity contribution in [3.63, 3.8) is 0 Å². The topological polar surface area (TPSA) is 45.2 Å². The number of carbonyl (C=O) groups excluding carboxylic acids is 1. The molecule has 0 radical (unpaired) electrons. The molecule has 1 aromatic rings. The second kappa shape index (κ2) is 7.43. The van der Waals surface area contributed by atoms with E-state index in [2.05, 4.69) is 24.1 Å². The molecule has 0 spiro atoms. The fourth-order valence-electron chi connectivity index (χ4n) is 2.66. The molecule has 116 valence electrons. The van der Waals surface area contributed by atoms with Crippen LogP contribution in [0.3, 0.4) is 0 Å². The molecule has 21 heavy (non-hydrogen) atoms. The number of hydrogen-bond donors (Lipinski definition) is 1. The van der Waals surface area contributed by atoms with Crippen LogP contribution in [0.2, 0.25) is 0 Å². The highest BCUT2D eigenvalue weighted by molar-refractivity contribution is 5.95. The monoisotopic (exact) mass is 289 g/mol. The lowest BCUT2D eigenvalue weighted by Crippen LogP contribution is -2.37. The van der Waals surface area contributed by atoms with Gasteiger partial charge in [-0.2, -0.15) is 0 Å². The van der Waals surface area contributed by atoms with Crippen LogP contribution in [0.4, 0.5) is 5.82 Å². The van der Waals surface area contributed by atoms with Crippen LogP contribution in [0, 0.1) is 12.8 Å². The summed E-state index contributed by atoms with van der Waals surface area (Å²) in [6, 6.07) is 3.78. The van der Waals surface area contributed by atoms with Crippen molar-refractivity contribution in [3.8, 4) is 0 Å². The van der Waals surface area contributed by atoms with E-state index in [9.17, 15) is 4.79 Å². The average molecular weight is 289 g/mol. The SMILES string of the molecule is CCCNc1cc(C(=O)N(CC)CC2CCC2)cc(C)n1. The highest BCUT2D eigenvalue weighted by Gasteiger charge is 2.23. The molecule has 0 atom stereocenters. The van der Waals surface area contributed by atoms with Crippen molar-refractivity contribution < 1.29 is 4.79 Å². The Morgan fingerprint density at radius 2 is 2.14 bits per heavy atom. The van der Waals surface area contributed by atoms with Crippen LogP contribution in [0.1, 0.15) is 55.6 Å². The van der Waals surface area contributed by atoms with Gasteiger partial charge >= 0.3 is 0 Å². The van der Waals surface area contributed by atoms with E-state index in [-0.39, 0.29) is 5.91 Å². The van der Waals surface area contributed by atoms with Crippen molar-refractivity contribution in [2.24, 2.45) is 5.92 Å². The fraction of sp³-hybridized carbons (Fsp3) is 0.647. The smallest absolute Gasteiger partial charge is 0.254 e. The number of carbonyl (C=O) groups is 1. The third-order valence-corrected chi connectivity index (χ3v) is 4.13. The number of pyridine rings is 1. The summed E-state index contributed by atoms with van der Waals surface area (Å²) >= 11 is 0. The van der Waals surface area contributed by atoms with Crippen LogP contribution in [-0.2, 0) is 0 Å². The van der Waals surface area contributed by atoms with Crippen molar-refractivity contribution in [3.05, 3.63) is 23.4 Å². The van der Waals surface area contributed by atoms with Gasteiger partial charge < -0.3 is 10.2 Å². The maximum Gasteiger partial charge on any atom is 0.254 e. The third kappa shape index (κ3) is 4.19. The summed E-state index contributed by atoms with van der Waals surface area (Å²) in [6.07, 6.45) is 4.89. The maximum absolute atomic E-state index is 12.7. The second-order valence-electron chi connectivity index (χ2n) is 5.95. The number of nitrogens with one attached hydrogen (secondary N) is 1. The molecular formula is C17H27N3O. The quantitative estimate of drug-likeness (QED) is 0.836. The zero-order valence-electron chi connectivity index (χ0n) is 13.5. The maximum atomic E-state index is 12.7. The van der Waals surface area contributed by atoms with Gasteiger partial charge in [-0.05, 0) is 51.2 Å². The van der Waals surface area contributed by atoms with Gasteiger partial charge in [-0.3, -0.25) is 4.79 Å². The minimum absolute atomic E-state index is 0.134. The predicted molar refractivity (Wildman–Crippen MR) is 86.7 cm³/mol. The van der Waals surface area contributed by atoms with E-state index in [1.165, 1.54) is 19.3 Å². The molecule has 1 saturated carbocycles. The molecule has 1 fully saturated rings. The van der Waals surface area contributed by atoms with E-state index >= 15 is 0 Å². The van der Waals surface area contributed by atoms with Crippen LogP contribution < -0.4 is 5.32 Å². The first-order valence-corrected chi connectivity index (χ1v) is 8.15. The van der Waals surface area contributed by atoms with Crippen LogP contribution >= 0.6 is 0 Å². The van der Waals surface area contributed by atoms with Gasteiger partial charge in [0.1, 0.15) is 5.82 Å². The lowest BCUT2D eigenvalue weighted by Gasteiger charge is -2.32. The number of hydrogen-bond acceptors (Lipinski definition) is 3. The second-order valence-corrected chi connectivity index (χ2v) is 5.95. The van der Waals surface area contributed by atoms with Crippen LogP contribution in [0.25, 0.3) is 0 Å². The number of rotatable bonds is 7. The molecule has 0 bridgehead atoms. The molecule has 0 saturated heterocycles. The minimum Gasteiger partial charge on any atom is -0.370 e. The Hall–Kier alpha value is -1.58. The Morgan fingerprint density at radius 3 is 2.71 bits per heavy atom. The van der Waals surface area contributed by atoms with E-state index in [0.29, 0.717) is 5.92 Å². The van der Waals surface area contributed by atoms with Gasteiger partial charge in [0.05, 0.1) is 0 Å². The van der Waals surface area contributed by atoms with Crippen molar-refractivity contribution in [1.29, 1.82) is 0 Å². The van der Waals surface area contributed by atoms with Gasteiger partial charge in [0, 0.05) is 30.9 Å². The van der Waals surface area contributed by atoms with Gasteiger partial charge in [0.15, 0.2) is 0 Å². The number of aryl methyl sites for hydroxylation is 1. The van der Waals surface area contributed by atoms with Crippen molar-refractivity contribution in [2.75, 3.05) is 25.0 Å². The summed E-state index contributed by atoms with van der Waals surface area (Å²) in [5.41, 5.74) is 1.64. The van der Waals surface area contributed by atoms with E-state index in [1.807, 2.05) is 24.0 Å². The van der Waals surface area contributed by atoms with Gasteiger partial charge in [-0.25, -0.2) is 4.98 Å². The zero-order valence-corrected chi connectivity index (χ0v) is 13.5. The molecule has 1 amide bonds. The van der Waals surface area contributed by atoms with Crippen LogP contribution in [0.5, 0.6) is 0 Å². The number of aromatic nitrogens is 1.